The van der Waals surface area contributed by atoms with Crippen molar-refractivity contribution < 1.29 is 104 Å². The van der Waals surface area contributed by atoms with Crippen molar-refractivity contribution >= 4 is 17.8 Å². The number of carboxylic acids is 1. The van der Waals surface area contributed by atoms with E-state index in [9.17, 15) is 75.7 Å². The lowest BCUT2D eigenvalue weighted by atomic mass is 9.88. The molecule has 2 amide bonds. The van der Waals surface area contributed by atoms with Crippen LogP contribution in [-0.4, -0.2) is 215 Å². The second kappa shape index (κ2) is 62.2. The van der Waals surface area contributed by atoms with Gasteiger partial charge in [-0.1, -0.05) is 341 Å². The predicted molar refractivity (Wildman–Crippen MR) is 412 cm³/mol. The van der Waals surface area contributed by atoms with E-state index in [2.05, 4.69) is 24.5 Å². The largest absolute Gasteiger partial charge is 0.477 e. The molecule has 0 aromatic carbocycles. The first-order chi connectivity index (χ1) is 51.4. The second-order valence-corrected chi connectivity index (χ2v) is 31.8. The SMILES string of the molecule is CCCCCCCCCCCCCCCCCCCCCCCCCCCCCC(=O)NC(COC1OC(CO)C(OC2OC(CO)C(O)C(OC3(C(=O)O)CC(O)C(NC(C)=O)C(C(O)C(O)CO)O3)C2O)C(O)C1O)C(O)CCCCCCCCCCCCCCCCCCCCCCCCCCC. The van der Waals surface area contributed by atoms with Gasteiger partial charge in [0.05, 0.1) is 50.7 Å². The van der Waals surface area contributed by atoms with Crippen molar-refractivity contribution in [2.75, 3.05) is 26.4 Å². The van der Waals surface area contributed by atoms with Gasteiger partial charge in [0.15, 0.2) is 12.6 Å². The van der Waals surface area contributed by atoms with Gasteiger partial charge < -0.3 is 100 Å². The van der Waals surface area contributed by atoms with Gasteiger partial charge in [0.2, 0.25) is 11.8 Å². The van der Waals surface area contributed by atoms with Gasteiger partial charge in [0.1, 0.15) is 67.1 Å². The normalized spacial score (nSPS) is 26.0. The Morgan fingerprint density at radius 3 is 1.18 bits per heavy atom. The highest BCUT2D eigenvalue weighted by Gasteiger charge is 2.60. The summed E-state index contributed by atoms with van der Waals surface area (Å²) in [7, 11) is 0. The molecular formula is C83H158N2O21. The summed E-state index contributed by atoms with van der Waals surface area (Å²) in [5.74, 6) is -6.08. The Kier molecular flexibility index (Phi) is 57.5. The highest BCUT2D eigenvalue weighted by Crippen LogP contribution is 2.39. The summed E-state index contributed by atoms with van der Waals surface area (Å²) in [6.45, 7) is 2.29. The Hall–Kier alpha value is -2.27. The first-order valence-corrected chi connectivity index (χ1v) is 43.4. The maximum absolute atomic E-state index is 13.6. The molecule has 3 aliphatic rings. The Balaban J connectivity index is 1.48. The van der Waals surface area contributed by atoms with Crippen LogP contribution in [0.3, 0.4) is 0 Å². The molecule has 18 atom stereocenters. The number of carbonyl (C=O) groups excluding carboxylic acids is 2. The average molecular weight is 1520 g/mol. The summed E-state index contributed by atoms with van der Waals surface area (Å²) in [6.07, 6.45) is 38.1. The summed E-state index contributed by atoms with van der Waals surface area (Å²) in [6, 6.07) is -2.53. The van der Waals surface area contributed by atoms with Crippen LogP contribution >= 0.6 is 0 Å². The van der Waals surface area contributed by atoms with E-state index < -0.39 is 148 Å². The Morgan fingerprint density at radius 1 is 0.453 bits per heavy atom. The first kappa shape index (κ1) is 97.9. The Morgan fingerprint density at radius 2 is 0.821 bits per heavy atom. The fourth-order valence-electron chi connectivity index (χ4n) is 15.5. The molecule has 0 saturated carbocycles. The van der Waals surface area contributed by atoms with Crippen LogP contribution in [0, 0.1) is 0 Å². The number of hydrogen-bond acceptors (Lipinski definition) is 20. The highest BCUT2D eigenvalue weighted by molar-refractivity contribution is 5.77. The monoisotopic (exact) mass is 1520 g/mol. The standard InChI is InChI=1S/C83H158N2O21/c1-4-6-8-10-12-14-16-18-20-22-24-26-28-30-31-33-35-37-39-41-43-45-47-49-51-53-55-57-70(93)85-64(65(90)56-54-52-50-48-46-44-42-40-38-36-34-32-29-27-25-23-21-19-17-15-13-11-9-7-5-2)62-101-80-75(97)74(96)77(69(61-88)103-80)104-81-76(98)79(73(95)68(60-87)102-81)106-83(82(99)100)58-66(91)71(84-63(3)89)78(105-83)72(94)67(92)59-86/h64-69,71-81,86-88,90-92,94-98H,4-62H2,1-3H3,(H,84,89)(H,85,93)(H,99,100). The summed E-state index contributed by atoms with van der Waals surface area (Å²) in [4.78, 5) is 38.8. The maximum Gasteiger partial charge on any atom is 0.364 e. The van der Waals surface area contributed by atoms with E-state index in [1.807, 2.05) is 0 Å². The predicted octanol–water partition coefficient (Wildman–Crippen LogP) is 12.8. The molecule has 3 saturated heterocycles. The van der Waals surface area contributed by atoms with Crippen LogP contribution in [0.25, 0.3) is 0 Å². The fourth-order valence-corrected chi connectivity index (χ4v) is 15.5. The molecule has 0 aliphatic carbocycles. The van der Waals surface area contributed by atoms with Crippen LogP contribution in [0.5, 0.6) is 0 Å². The minimum atomic E-state index is -3.08. The number of aliphatic hydroxyl groups excluding tert-OH is 11. The molecule has 18 unspecified atom stereocenters. The second-order valence-electron chi connectivity index (χ2n) is 31.8. The van der Waals surface area contributed by atoms with Crippen molar-refractivity contribution in [1.82, 2.24) is 10.6 Å². The van der Waals surface area contributed by atoms with Crippen molar-refractivity contribution in [3.63, 3.8) is 0 Å². The molecule has 0 bridgehead atoms. The number of aliphatic carboxylic acids is 1. The average Bonchev–Trinajstić information content (AvgIpc) is 0.755. The smallest absolute Gasteiger partial charge is 0.364 e. The number of carbonyl (C=O) groups is 3. The van der Waals surface area contributed by atoms with E-state index in [1.54, 1.807) is 0 Å². The first-order valence-electron chi connectivity index (χ1n) is 43.4. The number of carboxylic acid groups (broad SMARTS) is 1. The summed E-state index contributed by atoms with van der Waals surface area (Å²) in [5.41, 5.74) is 0. The van der Waals surface area contributed by atoms with Crippen molar-refractivity contribution in [3.05, 3.63) is 0 Å². The summed E-state index contributed by atoms with van der Waals surface area (Å²) < 4.78 is 35.0. The van der Waals surface area contributed by atoms with Crippen molar-refractivity contribution in [3.8, 4) is 0 Å². The zero-order chi connectivity index (χ0) is 77.4. The third kappa shape index (κ3) is 41.5. The van der Waals surface area contributed by atoms with Crippen LogP contribution < -0.4 is 10.6 Å². The van der Waals surface area contributed by atoms with Crippen molar-refractivity contribution in [2.24, 2.45) is 0 Å². The van der Waals surface area contributed by atoms with Gasteiger partial charge in [0.25, 0.3) is 5.79 Å². The molecule has 3 heterocycles. The fraction of sp³-hybridized carbons (Fsp3) is 0.964. The molecule has 3 rings (SSSR count). The van der Waals surface area contributed by atoms with E-state index in [0.717, 1.165) is 51.9 Å². The van der Waals surface area contributed by atoms with Gasteiger partial charge in [-0.15, -0.1) is 0 Å². The molecule has 0 aromatic rings. The van der Waals surface area contributed by atoms with Crippen molar-refractivity contribution in [1.29, 1.82) is 0 Å². The molecular weight excluding hydrogens is 1360 g/mol. The number of amides is 2. The number of aliphatic hydroxyl groups is 11. The molecule has 106 heavy (non-hydrogen) atoms. The van der Waals surface area contributed by atoms with Gasteiger partial charge in [-0.05, 0) is 12.8 Å². The molecule has 0 aromatic heterocycles. The van der Waals surface area contributed by atoms with Crippen LogP contribution in [0.1, 0.15) is 374 Å². The Labute approximate surface area is 639 Å². The third-order valence-corrected chi connectivity index (χ3v) is 22.3. The Bertz CT molecular complexity index is 2110. The lowest BCUT2D eigenvalue weighted by molar-refractivity contribution is -0.386. The number of rotatable bonds is 70. The van der Waals surface area contributed by atoms with E-state index in [4.69, 9.17) is 28.4 Å². The minimum absolute atomic E-state index is 0.230. The van der Waals surface area contributed by atoms with Gasteiger partial charge >= 0.3 is 5.97 Å². The van der Waals surface area contributed by atoms with E-state index in [1.165, 1.54) is 276 Å². The molecule has 14 N–H and O–H groups in total. The highest BCUT2D eigenvalue weighted by atomic mass is 16.8. The zero-order valence-corrected chi connectivity index (χ0v) is 66.6. The van der Waals surface area contributed by atoms with Crippen LogP contribution in [0.15, 0.2) is 0 Å². The van der Waals surface area contributed by atoms with Gasteiger partial charge in [-0.2, -0.15) is 0 Å². The molecule has 23 heteroatoms. The molecule has 626 valence electrons. The minimum Gasteiger partial charge on any atom is -0.477 e. The molecule has 23 nitrogen and oxygen atoms in total. The number of ether oxygens (including phenoxy) is 6. The molecule has 0 spiro atoms. The summed E-state index contributed by atoms with van der Waals surface area (Å²) in [5, 5.41) is 137. The lowest BCUT2D eigenvalue weighted by Gasteiger charge is -2.50. The van der Waals surface area contributed by atoms with Crippen LogP contribution in [-0.2, 0) is 42.8 Å². The molecule has 3 fully saturated rings. The van der Waals surface area contributed by atoms with Crippen LogP contribution in [0.4, 0.5) is 0 Å². The van der Waals surface area contributed by atoms with Crippen molar-refractivity contribution in [2.45, 2.75) is 484 Å². The van der Waals surface area contributed by atoms with Gasteiger partial charge in [-0.3, -0.25) is 9.59 Å². The van der Waals surface area contributed by atoms with E-state index in [0.29, 0.717) is 19.3 Å². The molecule has 3 aliphatic heterocycles. The van der Waals surface area contributed by atoms with E-state index in [-0.39, 0.29) is 18.9 Å². The van der Waals surface area contributed by atoms with Gasteiger partial charge in [-0.25, -0.2) is 4.79 Å². The lowest BCUT2D eigenvalue weighted by Crippen LogP contribution is -2.70. The number of unbranched alkanes of at least 4 members (excludes halogenated alkanes) is 50. The van der Waals surface area contributed by atoms with E-state index >= 15 is 0 Å². The third-order valence-electron chi connectivity index (χ3n) is 22.3. The zero-order valence-electron chi connectivity index (χ0n) is 66.6. The number of nitrogens with one attached hydrogen (secondary N) is 2. The quantitative estimate of drug-likeness (QED) is 0.0252. The topological polar surface area (TPSA) is 373 Å². The molecule has 0 radical (unpaired) electrons. The van der Waals surface area contributed by atoms with Crippen LogP contribution in [0.2, 0.25) is 0 Å². The number of hydrogen-bond donors (Lipinski definition) is 14. The summed E-state index contributed by atoms with van der Waals surface area (Å²) >= 11 is 0. The van der Waals surface area contributed by atoms with Gasteiger partial charge in [0, 0.05) is 19.8 Å². The maximum atomic E-state index is 13.6.